The van der Waals surface area contributed by atoms with E-state index in [-0.39, 0.29) is 0 Å². The van der Waals surface area contributed by atoms with Crippen LogP contribution >= 0.6 is 15.9 Å². The molecular weight excluding hydrogens is 278 g/mol. The van der Waals surface area contributed by atoms with Gasteiger partial charge in [0.15, 0.2) is 0 Å². The van der Waals surface area contributed by atoms with Crippen molar-refractivity contribution < 1.29 is 0 Å². The van der Waals surface area contributed by atoms with Gasteiger partial charge >= 0.3 is 0 Å². The second kappa shape index (κ2) is 5.46. The molecular formula is C13H10BrN3. The van der Waals surface area contributed by atoms with Crippen molar-refractivity contribution in [1.82, 2.24) is 4.98 Å². The van der Waals surface area contributed by atoms with Gasteiger partial charge in [0, 0.05) is 16.4 Å². The van der Waals surface area contributed by atoms with E-state index in [2.05, 4.69) is 32.3 Å². The maximum absolute atomic E-state index is 8.68. The molecule has 0 aliphatic rings. The van der Waals surface area contributed by atoms with Crippen molar-refractivity contribution in [2.45, 2.75) is 6.54 Å². The number of hydrogen-bond acceptors (Lipinski definition) is 3. The largest absolute Gasteiger partial charge is 0.379 e. The number of anilines is 1. The topological polar surface area (TPSA) is 48.7 Å². The fraction of sp³-hybridized carbons (Fsp3) is 0.0769. The lowest BCUT2D eigenvalue weighted by Gasteiger charge is -2.05. The van der Waals surface area contributed by atoms with E-state index in [1.807, 2.05) is 24.3 Å². The Kier molecular flexibility index (Phi) is 3.73. The maximum atomic E-state index is 8.68. The van der Waals surface area contributed by atoms with E-state index in [0.29, 0.717) is 12.1 Å². The monoisotopic (exact) mass is 287 g/mol. The summed E-state index contributed by atoms with van der Waals surface area (Å²) in [5, 5.41) is 11.9. The number of benzene rings is 1. The Morgan fingerprint density at radius 1 is 1.18 bits per heavy atom. The Bertz CT molecular complexity index is 526. The Morgan fingerprint density at radius 2 is 1.94 bits per heavy atom. The lowest BCUT2D eigenvalue weighted by atomic mass is 10.2. The van der Waals surface area contributed by atoms with Gasteiger partial charge in [-0.05, 0) is 52.3 Å². The van der Waals surface area contributed by atoms with Crippen molar-refractivity contribution in [3.05, 3.63) is 58.3 Å². The highest BCUT2D eigenvalue weighted by atomic mass is 79.9. The zero-order valence-corrected chi connectivity index (χ0v) is 10.6. The van der Waals surface area contributed by atoms with Crippen LogP contribution in [0.15, 0.2) is 47.1 Å². The average molecular weight is 288 g/mol. The summed E-state index contributed by atoms with van der Waals surface area (Å²) in [6.07, 6.45) is 1.77. The fourth-order valence-electron chi connectivity index (χ4n) is 1.37. The van der Waals surface area contributed by atoms with Crippen molar-refractivity contribution in [3.63, 3.8) is 0 Å². The Balaban J connectivity index is 1.98. The highest BCUT2D eigenvalue weighted by Crippen LogP contribution is 2.11. The van der Waals surface area contributed by atoms with Crippen LogP contribution in [0.3, 0.4) is 0 Å². The molecule has 0 radical (unpaired) electrons. The van der Waals surface area contributed by atoms with Crippen molar-refractivity contribution in [3.8, 4) is 6.07 Å². The van der Waals surface area contributed by atoms with Gasteiger partial charge in [-0.1, -0.05) is 0 Å². The summed E-state index contributed by atoms with van der Waals surface area (Å²) in [4.78, 5) is 4.27. The maximum Gasteiger partial charge on any atom is 0.0991 e. The summed E-state index contributed by atoms with van der Waals surface area (Å²) in [5.74, 6) is 0. The Labute approximate surface area is 108 Å². The molecule has 0 amide bonds. The number of nitrogens with one attached hydrogen (secondary N) is 1. The normalized spacial score (nSPS) is 9.65. The molecule has 4 heteroatoms. The van der Waals surface area contributed by atoms with Crippen LogP contribution in [0.5, 0.6) is 0 Å². The van der Waals surface area contributed by atoms with Crippen LogP contribution in [0, 0.1) is 11.3 Å². The number of rotatable bonds is 3. The Morgan fingerprint density at radius 3 is 2.53 bits per heavy atom. The smallest absolute Gasteiger partial charge is 0.0991 e. The molecule has 2 rings (SSSR count). The summed E-state index contributed by atoms with van der Waals surface area (Å²) >= 11 is 3.34. The number of nitriles is 1. The molecule has 0 bridgehead atoms. The van der Waals surface area contributed by atoms with Gasteiger partial charge in [-0.2, -0.15) is 5.26 Å². The predicted octanol–water partition coefficient (Wildman–Crippen LogP) is 3.33. The van der Waals surface area contributed by atoms with Crippen LogP contribution in [-0.2, 0) is 6.54 Å². The molecule has 0 atom stereocenters. The zero-order chi connectivity index (χ0) is 12.1. The number of nitrogens with zero attached hydrogens (tertiary/aromatic N) is 2. The standard InChI is InChI=1S/C13H10BrN3/c14-11-3-6-13(16-8-11)9-17-12-4-1-10(7-15)2-5-12/h1-6,8,17H,9H2. The molecule has 1 N–H and O–H groups in total. The first kappa shape index (κ1) is 11.6. The van der Waals surface area contributed by atoms with Crippen LogP contribution in [0.2, 0.25) is 0 Å². The first-order chi connectivity index (χ1) is 8.28. The summed E-state index contributed by atoms with van der Waals surface area (Å²) in [5.41, 5.74) is 2.61. The zero-order valence-electron chi connectivity index (χ0n) is 9.02. The summed E-state index contributed by atoms with van der Waals surface area (Å²) in [6, 6.07) is 13.4. The summed E-state index contributed by atoms with van der Waals surface area (Å²) in [6.45, 7) is 0.666. The second-order valence-corrected chi connectivity index (χ2v) is 4.43. The minimum atomic E-state index is 0.664. The van der Waals surface area contributed by atoms with E-state index in [4.69, 9.17) is 5.26 Å². The Hall–Kier alpha value is -1.86. The fourth-order valence-corrected chi connectivity index (χ4v) is 1.60. The molecule has 84 valence electrons. The third-order valence-electron chi connectivity index (χ3n) is 2.28. The number of hydrogen-bond donors (Lipinski definition) is 1. The molecule has 0 fully saturated rings. The molecule has 3 nitrogen and oxygen atoms in total. The van der Waals surface area contributed by atoms with Gasteiger partial charge in [0.05, 0.1) is 23.9 Å². The molecule has 17 heavy (non-hydrogen) atoms. The van der Waals surface area contributed by atoms with Gasteiger partial charge in [-0.25, -0.2) is 0 Å². The minimum absolute atomic E-state index is 0.664. The van der Waals surface area contributed by atoms with Gasteiger partial charge in [0.25, 0.3) is 0 Å². The highest BCUT2D eigenvalue weighted by Gasteiger charge is 1.96. The first-order valence-electron chi connectivity index (χ1n) is 5.12. The van der Waals surface area contributed by atoms with Gasteiger partial charge in [0.1, 0.15) is 0 Å². The summed E-state index contributed by atoms with van der Waals surface area (Å²) < 4.78 is 0.972. The molecule has 2 aromatic rings. The molecule has 0 saturated heterocycles. The average Bonchev–Trinajstić information content (AvgIpc) is 2.39. The summed E-state index contributed by atoms with van der Waals surface area (Å²) in [7, 11) is 0. The van der Waals surface area contributed by atoms with E-state index in [1.165, 1.54) is 0 Å². The molecule has 0 saturated carbocycles. The van der Waals surface area contributed by atoms with E-state index in [0.717, 1.165) is 15.9 Å². The molecule has 0 aliphatic carbocycles. The van der Waals surface area contributed by atoms with E-state index in [9.17, 15) is 0 Å². The number of aromatic nitrogens is 1. The van der Waals surface area contributed by atoms with Gasteiger partial charge < -0.3 is 5.32 Å². The molecule has 0 spiro atoms. The molecule has 1 heterocycles. The minimum Gasteiger partial charge on any atom is -0.379 e. The van der Waals surface area contributed by atoms with Crippen LogP contribution in [0.4, 0.5) is 5.69 Å². The third-order valence-corrected chi connectivity index (χ3v) is 2.75. The van der Waals surface area contributed by atoms with Crippen LogP contribution in [0.1, 0.15) is 11.3 Å². The lowest BCUT2D eigenvalue weighted by molar-refractivity contribution is 1.04. The van der Waals surface area contributed by atoms with Crippen LogP contribution in [-0.4, -0.2) is 4.98 Å². The van der Waals surface area contributed by atoms with Crippen LogP contribution < -0.4 is 5.32 Å². The first-order valence-corrected chi connectivity index (χ1v) is 5.92. The van der Waals surface area contributed by atoms with Crippen LogP contribution in [0.25, 0.3) is 0 Å². The van der Waals surface area contributed by atoms with Gasteiger partial charge in [-0.15, -0.1) is 0 Å². The highest BCUT2D eigenvalue weighted by molar-refractivity contribution is 9.10. The third kappa shape index (κ3) is 3.30. The van der Waals surface area contributed by atoms with E-state index < -0.39 is 0 Å². The van der Waals surface area contributed by atoms with Crippen molar-refractivity contribution >= 4 is 21.6 Å². The van der Waals surface area contributed by atoms with Crippen molar-refractivity contribution in [2.75, 3.05) is 5.32 Å². The lowest BCUT2D eigenvalue weighted by Crippen LogP contribution is -2.01. The molecule has 1 aromatic carbocycles. The van der Waals surface area contributed by atoms with Gasteiger partial charge in [0.2, 0.25) is 0 Å². The van der Waals surface area contributed by atoms with E-state index >= 15 is 0 Å². The van der Waals surface area contributed by atoms with Crippen molar-refractivity contribution in [2.24, 2.45) is 0 Å². The number of pyridine rings is 1. The molecule has 1 aromatic heterocycles. The second-order valence-electron chi connectivity index (χ2n) is 3.51. The van der Waals surface area contributed by atoms with Crippen molar-refractivity contribution in [1.29, 1.82) is 5.26 Å². The van der Waals surface area contributed by atoms with Gasteiger partial charge in [-0.3, -0.25) is 4.98 Å². The molecule has 0 aliphatic heterocycles. The quantitative estimate of drug-likeness (QED) is 0.942. The number of halogens is 1. The predicted molar refractivity (Wildman–Crippen MR) is 70.4 cm³/mol. The SMILES string of the molecule is N#Cc1ccc(NCc2ccc(Br)cn2)cc1. The molecule has 0 unspecified atom stereocenters. The van der Waals surface area contributed by atoms with E-state index in [1.54, 1.807) is 18.3 Å².